The van der Waals surface area contributed by atoms with Gasteiger partial charge in [-0.3, -0.25) is 0 Å². The van der Waals surface area contributed by atoms with Crippen molar-refractivity contribution in [1.82, 2.24) is 0 Å². The number of halogens is 3. The first-order chi connectivity index (χ1) is 15.6. The van der Waals surface area contributed by atoms with Gasteiger partial charge in [0, 0.05) is 18.8 Å². The Labute approximate surface area is 192 Å². The summed E-state index contributed by atoms with van der Waals surface area (Å²) in [4.78, 5) is 1.53. The van der Waals surface area contributed by atoms with E-state index in [4.69, 9.17) is 5.73 Å². The molecular weight excluding hydrogens is 449 g/mol. The monoisotopic (exact) mass is 476 g/mol. The van der Waals surface area contributed by atoms with Crippen molar-refractivity contribution in [2.75, 3.05) is 23.7 Å². The minimum Gasteiger partial charge on any atom is -0.398 e. The molecule has 4 nitrogen and oxygen atoms in total. The van der Waals surface area contributed by atoms with Crippen LogP contribution < -0.4 is 10.6 Å². The van der Waals surface area contributed by atoms with Gasteiger partial charge in [-0.2, -0.15) is 13.2 Å². The Kier molecular flexibility index (Phi) is 7.68. The number of nitrogens with zero attached hydrogens (tertiary/aromatic N) is 1. The Morgan fingerprint density at radius 3 is 2.24 bits per heavy atom. The molecule has 0 aliphatic carbocycles. The second kappa shape index (κ2) is 10.3. The summed E-state index contributed by atoms with van der Waals surface area (Å²) < 4.78 is 67.0. The minimum atomic E-state index is -4.75. The van der Waals surface area contributed by atoms with Gasteiger partial charge in [0.25, 0.3) is 0 Å². The van der Waals surface area contributed by atoms with Crippen molar-refractivity contribution in [3.8, 4) is 0 Å². The number of hydrogen-bond donors (Lipinski definition) is 1. The molecule has 0 amide bonds. The molecule has 3 rings (SSSR count). The van der Waals surface area contributed by atoms with Gasteiger partial charge >= 0.3 is 6.18 Å². The number of hydrogen-bond acceptors (Lipinski definition) is 4. The first-order valence-electron chi connectivity index (χ1n) is 10.7. The third-order valence-electron chi connectivity index (χ3n) is 5.43. The summed E-state index contributed by atoms with van der Waals surface area (Å²) in [5.41, 5.74) is 5.39. The number of para-hydroxylation sites is 1. The minimum absolute atomic E-state index is 0.0212. The third kappa shape index (κ3) is 5.87. The second-order valence-corrected chi connectivity index (χ2v) is 9.71. The molecule has 0 unspecified atom stereocenters. The molecule has 0 aliphatic heterocycles. The Morgan fingerprint density at radius 1 is 0.909 bits per heavy atom. The second-order valence-electron chi connectivity index (χ2n) is 7.79. The van der Waals surface area contributed by atoms with Gasteiger partial charge in [0.05, 0.1) is 21.0 Å². The molecule has 0 heterocycles. The number of anilines is 2. The molecule has 0 saturated heterocycles. The van der Waals surface area contributed by atoms with E-state index in [9.17, 15) is 21.6 Å². The molecule has 3 aromatic rings. The number of benzene rings is 3. The van der Waals surface area contributed by atoms with Gasteiger partial charge in [0.1, 0.15) is 0 Å². The number of nitrogen functional groups attached to an aromatic ring is 1. The summed E-state index contributed by atoms with van der Waals surface area (Å²) in [6.07, 6.45) is -2.27. The maximum Gasteiger partial charge on any atom is 0.418 e. The Balaban J connectivity index is 2.02. The molecule has 33 heavy (non-hydrogen) atoms. The quantitative estimate of drug-likeness (QED) is 0.387. The normalized spacial score (nSPS) is 12.0. The van der Waals surface area contributed by atoms with Crippen molar-refractivity contribution in [2.45, 2.75) is 42.2 Å². The summed E-state index contributed by atoms with van der Waals surface area (Å²) in [5.74, 6) is 0. The molecule has 3 aromatic carbocycles. The molecule has 0 radical (unpaired) electrons. The van der Waals surface area contributed by atoms with Gasteiger partial charge in [-0.05, 0) is 48.7 Å². The summed E-state index contributed by atoms with van der Waals surface area (Å²) in [5, 5.41) is 0. The SMILES string of the molecule is CCCCN(CCc1ccccc1)c1ccccc1S(=O)(=O)c1ccc(N)c(C(F)(F)F)c1. The molecule has 0 aromatic heterocycles. The lowest BCUT2D eigenvalue weighted by atomic mass is 10.1. The van der Waals surface area contributed by atoms with Gasteiger partial charge in [0.15, 0.2) is 0 Å². The molecule has 0 bridgehead atoms. The van der Waals surface area contributed by atoms with E-state index in [0.29, 0.717) is 31.3 Å². The van der Waals surface area contributed by atoms with Crippen molar-refractivity contribution in [3.63, 3.8) is 0 Å². The van der Waals surface area contributed by atoms with Gasteiger partial charge in [-0.1, -0.05) is 55.8 Å². The lowest BCUT2D eigenvalue weighted by Gasteiger charge is -2.27. The van der Waals surface area contributed by atoms with Gasteiger partial charge in [-0.15, -0.1) is 0 Å². The highest BCUT2D eigenvalue weighted by Gasteiger charge is 2.35. The van der Waals surface area contributed by atoms with Crippen LogP contribution in [0.2, 0.25) is 0 Å². The molecule has 0 atom stereocenters. The van der Waals surface area contributed by atoms with E-state index in [1.54, 1.807) is 18.2 Å². The largest absolute Gasteiger partial charge is 0.418 e. The number of rotatable bonds is 9. The van der Waals surface area contributed by atoms with Crippen molar-refractivity contribution < 1.29 is 21.6 Å². The standard InChI is InChI=1S/C25H27F3N2O2S/c1-2-3-16-30(17-15-19-9-5-4-6-10-19)23-11-7-8-12-24(23)33(31,32)20-13-14-22(29)21(18-20)25(26,27)28/h4-14,18H,2-3,15-17,29H2,1H3. The summed E-state index contributed by atoms with van der Waals surface area (Å²) in [6.45, 7) is 3.25. The van der Waals surface area contributed by atoms with Crippen LogP contribution in [0.1, 0.15) is 30.9 Å². The highest BCUT2D eigenvalue weighted by Crippen LogP contribution is 2.37. The Hall–Kier alpha value is -3.00. The van der Waals surface area contributed by atoms with Crippen LogP contribution in [-0.2, 0) is 22.4 Å². The maximum atomic E-state index is 13.5. The fourth-order valence-corrected chi connectivity index (χ4v) is 5.14. The topological polar surface area (TPSA) is 63.4 Å². The van der Waals surface area contributed by atoms with E-state index in [2.05, 4.69) is 0 Å². The third-order valence-corrected chi connectivity index (χ3v) is 7.23. The zero-order chi connectivity index (χ0) is 24.1. The van der Waals surface area contributed by atoms with Crippen molar-refractivity contribution in [2.24, 2.45) is 0 Å². The molecule has 8 heteroatoms. The first kappa shape index (κ1) is 24.6. The lowest BCUT2D eigenvalue weighted by Crippen LogP contribution is -2.28. The molecule has 176 valence electrons. The predicted octanol–water partition coefficient (Wildman–Crippen LogP) is 5.97. The maximum absolute atomic E-state index is 13.5. The van der Waals surface area contributed by atoms with Crippen LogP contribution in [0.4, 0.5) is 24.5 Å². The zero-order valence-corrected chi connectivity index (χ0v) is 19.2. The number of sulfone groups is 1. The number of unbranched alkanes of at least 4 members (excludes halogenated alkanes) is 1. The molecular formula is C25H27F3N2O2S. The molecule has 2 N–H and O–H groups in total. The van der Waals surface area contributed by atoms with Crippen LogP contribution in [0.3, 0.4) is 0 Å². The fraction of sp³-hybridized carbons (Fsp3) is 0.280. The van der Waals surface area contributed by atoms with Crippen LogP contribution in [0.15, 0.2) is 82.6 Å². The molecule has 0 saturated carbocycles. The van der Waals surface area contributed by atoms with Gasteiger partial charge < -0.3 is 10.6 Å². The fourth-order valence-electron chi connectivity index (χ4n) is 3.63. The number of nitrogens with two attached hydrogens (primary N) is 1. The van der Waals surface area contributed by atoms with Crippen molar-refractivity contribution in [1.29, 1.82) is 0 Å². The summed E-state index contributed by atoms with van der Waals surface area (Å²) in [6, 6.07) is 19.0. The van der Waals surface area contributed by atoms with E-state index in [1.165, 1.54) is 6.07 Å². The predicted molar refractivity (Wildman–Crippen MR) is 125 cm³/mol. The van der Waals surface area contributed by atoms with Gasteiger partial charge in [-0.25, -0.2) is 8.42 Å². The van der Waals surface area contributed by atoms with Crippen LogP contribution in [0.5, 0.6) is 0 Å². The average Bonchev–Trinajstić information content (AvgIpc) is 2.79. The van der Waals surface area contributed by atoms with Crippen LogP contribution in [-0.4, -0.2) is 21.5 Å². The van der Waals surface area contributed by atoms with E-state index < -0.39 is 32.2 Å². The van der Waals surface area contributed by atoms with Crippen LogP contribution >= 0.6 is 0 Å². The zero-order valence-electron chi connectivity index (χ0n) is 18.3. The highest BCUT2D eigenvalue weighted by atomic mass is 32.2. The molecule has 0 aliphatic rings. The van der Waals surface area contributed by atoms with E-state index in [-0.39, 0.29) is 4.90 Å². The summed E-state index contributed by atoms with van der Waals surface area (Å²) in [7, 11) is -4.22. The average molecular weight is 477 g/mol. The number of alkyl halides is 3. The highest BCUT2D eigenvalue weighted by molar-refractivity contribution is 7.91. The first-order valence-corrected chi connectivity index (χ1v) is 12.2. The van der Waals surface area contributed by atoms with E-state index >= 15 is 0 Å². The smallest absolute Gasteiger partial charge is 0.398 e. The van der Waals surface area contributed by atoms with Crippen molar-refractivity contribution >= 4 is 21.2 Å². The van der Waals surface area contributed by atoms with Crippen molar-refractivity contribution in [3.05, 3.63) is 83.9 Å². The molecule has 0 fully saturated rings. The van der Waals surface area contributed by atoms with Gasteiger partial charge in [0.2, 0.25) is 9.84 Å². The van der Waals surface area contributed by atoms with E-state index in [1.807, 2.05) is 42.2 Å². The summed E-state index contributed by atoms with van der Waals surface area (Å²) >= 11 is 0. The Morgan fingerprint density at radius 2 is 1.58 bits per heavy atom. The van der Waals surface area contributed by atoms with Crippen LogP contribution in [0, 0.1) is 0 Å². The lowest BCUT2D eigenvalue weighted by molar-refractivity contribution is -0.137. The van der Waals surface area contributed by atoms with E-state index in [0.717, 1.165) is 30.5 Å². The van der Waals surface area contributed by atoms with Crippen LogP contribution in [0.25, 0.3) is 0 Å². The Bertz CT molecular complexity index is 1180. The molecule has 0 spiro atoms.